The van der Waals surface area contributed by atoms with E-state index in [4.69, 9.17) is 0 Å². The molecular weight excluding hydrogens is 196 g/mol. The summed E-state index contributed by atoms with van der Waals surface area (Å²) in [5, 5.41) is 0. The van der Waals surface area contributed by atoms with Gasteiger partial charge in [-0.15, -0.1) is 11.6 Å². The molecule has 0 unspecified atom stereocenters. The maximum atomic E-state index is 11.0. The molecule has 0 saturated heterocycles. The maximum absolute atomic E-state index is 11.0. The van der Waals surface area contributed by atoms with Crippen LogP contribution in [-0.4, -0.2) is 10.5 Å². The lowest BCUT2D eigenvalue weighted by Crippen LogP contribution is -2.16. The summed E-state index contributed by atoms with van der Waals surface area (Å²) in [6, 6.07) is 0. The van der Waals surface area contributed by atoms with Crippen molar-refractivity contribution in [2.45, 2.75) is 10.5 Å². The van der Waals surface area contributed by atoms with Gasteiger partial charge in [-0.05, 0) is 0 Å². The molecule has 0 aliphatic carbocycles. The molecule has 0 aliphatic rings. The Bertz CT molecular complexity index is 58.4. The van der Waals surface area contributed by atoms with Crippen LogP contribution in [0.3, 0.4) is 0 Å². The topological polar surface area (TPSA) is 0 Å². The van der Waals surface area contributed by atoms with Crippen LogP contribution >= 0.6 is 27.5 Å². The fourth-order valence-corrected chi connectivity index (χ4v) is 0. The Morgan fingerprint density at radius 1 is 1.43 bits per heavy atom. The van der Waals surface area contributed by atoms with E-state index in [2.05, 4.69) is 27.5 Å². The third kappa shape index (κ3) is 3.17. The lowest BCUT2D eigenvalue weighted by molar-refractivity contribution is -0.112. The van der Waals surface area contributed by atoms with Crippen LogP contribution in [0.2, 0.25) is 0 Å². The van der Waals surface area contributed by atoms with E-state index in [0.29, 0.717) is 0 Å². The molecule has 5 heteroatoms. The minimum absolute atomic E-state index is 1.92. The molecule has 0 radical (unpaired) electrons. The van der Waals surface area contributed by atoms with Gasteiger partial charge in [-0.25, -0.2) is 0 Å². The van der Waals surface area contributed by atoms with Crippen molar-refractivity contribution in [3.8, 4) is 0 Å². The second kappa shape index (κ2) is 2.22. The summed E-state index contributed by atoms with van der Waals surface area (Å²) < 4.78 is 31.1. The minimum Gasteiger partial charge on any atom is -0.168 e. The predicted octanol–water partition coefficient (Wildman–Crippen LogP) is 2.51. The first kappa shape index (κ1) is 7.56. The maximum Gasteiger partial charge on any atom is 0.414 e. The second-order valence-corrected chi connectivity index (χ2v) is 2.72. The molecule has 0 N–H and O–H groups in total. The zero-order chi connectivity index (χ0) is 6.08. The first-order chi connectivity index (χ1) is 2.94. The Hall–Kier alpha value is 0.560. The monoisotopic (exact) mass is 196 g/mol. The highest BCUT2D eigenvalue weighted by Gasteiger charge is 2.35. The number of rotatable bonds is 0. The van der Waals surface area contributed by atoms with E-state index in [1.165, 1.54) is 0 Å². The molecule has 0 nitrogen and oxygen atoms in total. The normalized spacial score (nSPS) is 16.7. The zero-order valence-corrected chi connectivity index (χ0v) is 5.31. The van der Waals surface area contributed by atoms with Gasteiger partial charge in [-0.2, -0.15) is 13.2 Å². The fraction of sp³-hybridized carbons (Fsp3) is 1.00. The standard InChI is InChI=1S/C2HBrClF3/c3-1(4)2(5,6)7/h1H/t1-/m1/s1. The first-order valence-electron chi connectivity index (χ1n) is 1.29. The van der Waals surface area contributed by atoms with Crippen molar-refractivity contribution in [2.24, 2.45) is 0 Å². The average Bonchev–Trinajstić information content (AvgIpc) is 1.31. The Labute approximate surface area is 51.8 Å². The van der Waals surface area contributed by atoms with Crippen LogP contribution < -0.4 is 0 Å². The summed E-state index contributed by atoms with van der Waals surface area (Å²) in [4.78, 5) is 0. The van der Waals surface area contributed by atoms with E-state index < -0.39 is 10.5 Å². The molecule has 0 spiro atoms. The molecule has 7 heavy (non-hydrogen) atoms. The van der Waals surface area contributed by atoms with Crippen molar-refractivity contribution in [1.82, 2.24) is 0 Å². The van der Waals surface area contributed by atoms with Gasteiger partial charge in [0.15, 0.2) is 4.29 Å². The fourth-order valence-electron chi connectivity index (χ4n) is 0. The van der Waals surface area contributed by atoms with Gasteiger partial charge in [0.1, 0.15) is 0 Å². The van der Waals surface area contributed by atoms with Crippen LogP contribution in [0, 0.1) is 0 Å². The Balaban J connectivity index is 3.54. The summed E-state index contributed by atoms with van der Waals surface area (Å²) in [6.45, 7) is 0. The highest BCUT2D eigenvalue weighted by molar-refractivity contribution is 9.10. The molecule has 1 atom stereocenters. The van der Waals surface area contributed by atoms with E-state index in [1.807, 2.05) is 0 Å². The van der Waals surface area contributed by atoms with Crippen molar-refractivity contribution in [2.75, 3.05) is 0 Å². The van der Waals surface area contributed by atoms with Gasteiger partial charge in [-0.3, -0.25) is 0 Å². The van der Waals surface area contributed by atoms with Gasteiger partial charge in [0, 0.05) is 0 Å². The van der Waals surface area contributed by atoms with E-state index in [9.17, 15) is 13.2 Å². The number of alkyl halides is 5. The van der Waals surface area contributed by atoms with Crippen LogP contribution in [-0.2, 0) is 0 Å². The zero-order valence-electron chi connectivity index (χ0n) is 2.97. The van der Waals surface area contributed by atoms with Crippen molar-refractivity contribution in [1.29, 1.82) is 0 Å². The van der Waals surface area contributed by atoms with Crippen molar-refractivity contribution < 1.29 is 13.2 Å². The predicted molar refractivity (Wildman–Crippen MR) is 24.6 cm³/mol. The SMILES string of the molecule is FC(F)(F)[C@@H](Cl)Br. The molecule has 0 heterocycles. The molecule has 0 aromatic rings. The molecule has 0 aromatic heterocycles. The number of halogens is 5. The summed E-state index contributed by atoms with van der Waals surface area (Å²) >= 11 is 6.68. The van der Waals surface area contributed by atoms with Crippen LogP contribution in [0.5, 0.6) is 0 Å². The average molecular weight is 197 g/mol. The molecule has 0 rings (SSSR count). The van der Waals surface area contributed by atoms with Gasteiger partial charge in [-0.1, -0.05) is 15.9 Å². The molecule has 44 valence electrons. The Kier molecular flexibility index (Phi) is 2.40. The van der Waals surface area contributed by atoms with Crippen LogP contribution in [0.15, 0.2) is 0 Å². The summed E-state index contributed by atoms with van der Waals surface area (Å²) in [5.74, 6) is 0. The lowest BCUT2D eigenvalue weighted by atomic mass is 10.8. The summed E-state index contributed by atoms with van der Waals surface area (Å²) in [5.41, 5.74) is 0. The van der Waals surface area contributed by atoms with Gasteiger partial charge >= 0.3 is 6.18 Å². The highest BCUT2D eigenvalue weighted by atomic mass is 79.9. The molecule has 0 aliphatic heterocycles. The van der Waals surface area contributed by atoms with E-state index >= 15 is 0 Å². The number of hydrogen-bond acceptors (Lipinski definition) is 0. The van der Waals surface area contributed by atoms with Gasteiger partial charge in [0.2, 0.25) is 0 Å². The number of hydrogen-bond donors (Lipinski definition) is 0. The molecular formula is C2HBrClF3. The van der Waals surface area contributed by atoms with Gasteiger partial charge in [0.05, 0.1) is 0 Å². The highest BCUT2D eigenvalue weighted by Crippen LogP contribution is 2.28. The quantitative estimate of drug-likeness (QED) is 0.524. The van der Waals surface area contributed by atoms with Crippen molar-refractivity contribution in [3.05, 3.63) is 0 Å². The van der Waals surface area contributed by atoms with Crippen molar-refractivity contribution >= 4 is 27.5 Å². The summed E-state index contributed by atoms with van der Waals surface area (Å²) in [7, 11) is 0. The van der Waals surface area contributed by atoms with Gasteiger partial charge in [0.25, 0.3) is 0 Å². The molecule has 0 fully saturated rings. The molecule has 0 aromatic carbocycles. The third-order valence-electron chi connectivity index (χ3n) is 0.247. The Morgan fingerprint density at radius 3 is 1.57 bits per heavy atom. The van der Waals surface area contributed by atoms with Crippen LogP contribution in [0.4, 0.5) is 13.2 Å². The first-order valence-corrected chi connectivity index (χ1v) is 2.64. The van der Waals surface area contributed by atoms with E-state index in [1.54, 1.807) is 0 Å². The third-order valence-corrected chi connectivity index (χ3v) is 1.01. The van der Waals surface area contributed by atoms with Crippen LogP contribution in [0.25, 0.3) is 0 Å². The van der Waals surface area contributed by atoms with E-state index in [0.717, 1.165) is 0 Å². The van der Waals surface area contributed by atoms with Crippen LogP contribution in [0.1, 0.15) is 0 Å². The van der Waals surface area contributed by atoms with Gasteiger partial charge < -0.3 is 0 Å². The molecule has 0 saturated carbocycles. The summed E-state index contributed by atoms with van der Waals surface area (Å²) in [6.07, 6.45) is -4.32. The van der Waals surface area contributed by atoms with Crippen molar-refractivity contribution in [3.63, 3.8) is 0 Å². The molecule has 0 amide bonds. The molecule has 0 bridgehead atoms. The smallest absolute Gasteiger partial charge is 0.168 e. The lowest BCUT2D eigenvalue weighted by Gasteiger charge is -2.03. The minimum atomic E-state index is -4.32. The second-order valence-electron chi connectivity index (χ2n) is 0.842. The Morgan fingerprint density at radius 2 is 1.57 bits per heavy atom. The van der Waals surface area contributed by atoms with E-state index in [-0.39, 0.29) is 0 Å². The largest absolute Gasteiger partial charge is 0.414 e.